The average molecular weight is 631 g/mol. The molecular weight excluding hydrogens is 603 g/mol. The molecule has 13 nitrogen and oxygen atoms in total. The first-order valence-corrected chi connectivity index (χ1v) is 14.1. The topological polar surface area (TPSA) is 135 Å². The van der Waals surface area contributed by atoms with Crippen molar-refractivity contribution in [2.24, 2.45) is 7.05 Å². The van der Waals surface area contributed by atoms with Crippen molar-refractivity contribution in [3.8, 4) is 11.6 Å². The lowest BCUT2D eigenvalue weighted by Gasteiger charge is -2.30. The Labute approximate surface area is 242 Å². The molecule has 0 spiro atoms. The summed E-state index contributed by atoms with van der Waals surface area (Å²) in [6, 6.07) is 3.84. The standard InChI is InChI=1S/C26H28BrFN8O5/c1-33-22(24(36(37)38)32-26(33)27)15-40-19-10-20-21(29-13-19)11-23(34-6-8-39-9-7-34)31-25(20)41-18-4-2-17(3-5-18)35-14-16(28)12-30-35/h10-14,17-18H,2-9,15H2,1H3/t17-,18+. The minimum atomic E-state index is -0.539. The van der Waals surface area contributed by atoms with Gasteiger partial charge in [-0.1, -0.05) is 0 Å². The minimum Gasteiger partial charge on any atom is -0.485 e. The van der Waals surface area contributed by atoms with Crippen molar-refractivity contribution in [3.63, 3.8) is 0 Å². The number of aromatic nitrogens is 6. The molecule has 2 fully saturated rings. The van der Waals surface area contributed by atoms with E-state index in [4.69, 9.17) is 19.2 Å². The summed E-state index contributed by atoms with van der Waals surface area (Å²) in [5.74, 6) is 1.01. The van der Waals surface area contributed by atoms with Crippen LogP contribution in [-0.2, 0) is 18.4 Å². The maximum atomic E-state index is 13.5. The van der Waals surface area contributed by atoms with Gasteiger partial charge in [0, 0.05) is 42.1 Å². The van der Waals surface area contributed by atoms with Gasteiger partial charge in [0.2, 0.25) is 5.88 Å². The van der Waals surface area contributed by atoms with E-state index in [9.17, 15) is 14.5 Å². The van der Waals surface area contributed by atoms with Gasteiger partial charge in [-0.15, -0.1) is 0 Å². The van der Waals surface area contributed by atoms with Gasteiger partial charge in [0.05, 0.1) is 48.7 Å². The fourth-order valence-corrected chi connectivity index (χ4v) is 5.61. The largest absolute Gasteiger partial charge is 0.485 e. The highest BCUT2D eigenvalue weighted by atomic mass is 79.9. The molecule has 216 valence electrons. The lowest BCUT2D eigenvalue weighted by Crippen LogP contribution is -2.36. The number of halogens is 2. The summed E-state index contributed by atoms with van der Waals surface area (Å²) < 4.78 is 35.0. The Morgan fingerprint density at radius 1 is 1.17 bits per heavy atom. The van der Waals surface area contributed by atoms with Gasteiger partial charge in [0.15, 0.2) is 11.5 Å². The fourth-order valence-electron chi connectivity index (χ4n) is 5.23. The molecule has 1 saturated carbocycles. The molecule has 15 heteroatoms. The first kappa shape index (κ1) is 27.3. The molecular formula is C26H28BrFN8O5. The number of imidazole rings is 1. The molecule has 6 rings (SSSR count). The highest BCUT2D eigenvalue weighted by Crippen LogP contribution is 2.35. The Morgan fingerprint density at radius 3 is 2.66 bits per heavy atom. The summed E-state index contributed by atoms with van der Waals surface area (Å²) >= 11 is 3.23. The number of rotatable bonds is 8. The van der Waals surface area contributed by atoms with Gasteiger partial charge in [0.25, 0.3) is 4.73 Å². The average Bonchev–Trinajstić information content (AvgIpc) is 3.55. The number of ether oxygens (including phenoxy) is 3. The Hall–Kier alpha value is -3.85. The molecule has 5 heterocycles. The minimum absolute atomic E-state index is 0.0773. The summed E-state index contributed by atoms with van der Waals surface area (Å²) in [6.07, 6.45) is 7.30. The molecule has 0 atom stereocenters. The van der Waals surface area contributed by atoms with Crippen LogP contribution in [0.5, 0.6) is 11.6 Å². The number of hydrogen-bond acceptors (Lipinski definition) is 10. The zero-order chi connectivity index (χ0) is 28.5. The third-order valence-corrected chi connectivity index (χ3v) is 8.20. The lowest BCUT2D eigenvalue weighted by atomic mass is 9.93. The normalized spacial score (nSPS) is 19.4. The molecule has 0 bridgehead atoms. The summed E-state index contributed by atoms with van der Waals surface area (Å²) in [7, 11) is 1.67. The number of nitro groups is 1. The Balaban J connectivity index is 1.25. The van der Waals surface area contributed by atoms with Gasteiger partial charge in [-0.25, -0.2) is 4.39 Å². The van der Waals surface area contributed by atoms with Gasteiger partial charge in [-0.3, -0.25) is 14.2 Å². The summed E-state index contributed by atoms with van der Waals surface area (Å²) in [6.45, 7) is 2.58. The van der Waals surface area contributed by atoms with Crippen LogP contribution in [0.4, 0.5) is 16.0 Å². The molecule has 4 aromatic heterocycles. The van der Waals surface area contributed by atoms with E-state index >= 15 is 0 Å². The number of pyridine rings is 2. The van der Waals surface area contributed by atoms with Crippen molar-refractivity contribution in [2.75, 3.05) is 31.2 Å². The van der Waals surface area contributed by atoms with E-state index in [1.807, 2.05) is 6.07 Å². The molecule has 41 heavy (non-hydrogen) atoms. The Kier molecular flexibility index (Phi) is 7.71. The van der Waals surface area contributed by atoms with Crippen LogP contribution in [0.15, 0.2) is 35.5 Å². The molecule has 0 unspecified atom stereocenters. The van der Waals surface area contributed by atoms with E-state index < -0.39 is 4.92 Å². The second kappa shape index (κ2) is 11.6. The number of nitrogens with zero attached hydrogens (tertiary/aromatic N) is 8. The number of anilines is 1. The smallest absolute Gasteiger partial charge is 0.389 e. The zero-order valence-electron chi connectivity index (χ0n) is 22.3. The summed E-state index contributed by atoms with van der Waals surface area (Å²) in [4.78, 5) is 26.5. The zero-order valence-corrected chi connectivity index (χ0v) is 23.9. The van der Waals surface area contributed by atoms with Crippen LogP contribution in [0.1, 0.15) is 37.4 Å². The quantitative estimate of drug-likeness (QED) is 0.204. The van der Waals surface area contributed by atoms with E-state index in [0.29, 0.717) is 59.3 Å². The SMILES string of the molecule is Cn1c(Br)nc([N+](=O)[O-])c1COc1cnc2cc(N3CCOCC3)nc(O[C@H]3CC[C@@H](n4cc(F)cn4)CC3)c2c1. The number of fused-ring (bicyclic) bond motifs is 1. The fraction of sp³-hybridized carbons (Fsp3) is 0.462. The lowest BCUT2D eigenvalue weighted by molar-refractivity contribution is -0.390. The van der Waals surface area contributed by atoms with Crippen molar-refractivity contribution >= 4 is 38.5 Å². The Bertz CT molecular complexity index is 1560. The van der Waals surface area contributed by atoms with E-state index in [1.54, 1.807) is 28.6 Å². The van der Waals surface area contributed by atoms with E-state index in [0.717, 1.165) is 31.5 Å². The van der Waals surface area contributed by atoms with Crippen LogP contribution in [0.3, 0.4) is 0 Å². The van der Waals surface area contributed by atoms with Crippen LogP contribution in [0.25, 0.3) is 10.9 Å². The molecule has 0 N–H and O–H groups in total. The van der Waals surface area contributed by atoms with Crippen LogP contribution in [-0.4, -0.2) is 66.6 Å². The van der Waals surface area contributed by atoms with Crippen LogP contribution in [0, 0.1) is 15.9 Å². The van der Waals surface area contributed by atoms with Crippen LogP contribution in [0.2, 0.25) is 0 Å². The maximum absolute atomic E-state index is 13.5. The second-order valence-electron chi connectivity index (χ2n) is 10.1. The van der Waals surface area contributed by atoms with Crippen molar-refractivity contribution in [3.05, 3.63) is 57.1 Å². The van der Waals surface area contributed by atoms with Crippen LogP contribution >= 0.6 is 15.9 Å². The second-order valence-corrected chi connectivity index (χ2v) is 10.8. The Morgan fingerprint density at radius 2 is 1.95 bits per heavy atom. The van der Waals surface area contributed by atoms with Crippen LogP contribution < -0.4 is 14.4 Å². The highest BCUT2D eigenvalue weighted by molar-refractivity contribution is 9.10. The van der Waals surface area contributed by atoms with Crippen molar-refractivity contribution < 1.29 is 23.5 Å². The molecule has 0 aromatic carbocycles. The van der Waals surface area contributed by atoms with Gasteiger partial charge >= 0.3 is 5.82 Å². The molecule has 2 aliphatic rings. The van der Waals surface area contributed by atoms with Crippen molar-refractivity contribution in [1.29, 1.82) is 0 Å². The summed E-state index contributed by atoms with van der Waals surface area (Å²) in [5, 5.41) is 16.3. The highest BCUT2D eigenvalue weighted by Gasteiger charge is 2.27. The van der Waals surface area contributed by atoms with Crippen molar-refractivity contribution in [2.45, 2.75) is 44.4 Å². The number of hydrogen-bond donors (Lipinski definition) is 0. The van der Waals surface area contributed by atoms with Crippen molar-refractivity contribution in [1.82, 2.24) is 29.3 Å². The summed E-state index contributed by atoms with van der Waals surface area (Å²) in [5.41, 5.74) is 1.01. The molecule has 4 aromatic rings. The third-order valence-electron chi connectivity index (χ3n) is 7.49. The van der Waals surface area contributed by atoms with E-state index in [1.165, 1.54) is 12.4 Å². The first-order chi connectivity index (χ1) is 19.9. The molecule has 1 saturated heterocycles. The van der Waals surface area contributed by atoms with Gasteiger partial charge < -0.3 is 29.2 Å². The predicted molar refractivity (Wildman–Crippen MR) is 149 cm³/mol. The number of morpholine rings is 1. The molecule has 1 aliphatic heterocycles. The predicted octanol–water partition coefficient (Wildman–Crippen LogP) is 4.35. The van der Waals surface area contributed by atoms with Gasteiger partial charge in [-0.05, 0) is 41.7 Å². The van der Waals surface area contributed by atoms with E-state index in [2.05, 4.69) is 35.9 Å². The first-order valence-electron chi connectivity index (χ1n) is 13.3. The van der Waals surface area contributed by atoms with Gasteiger partial charge in [-0.2, -0.15) is 10.1 Å². The molecule has 0 radical (unpaired) electrons. The maximum Gasteiger partial charge on any atom is 0.389 e. The molecule has 1 aliphatic carbocycles. The van der Waals surface area contributed by atoms with E-state index in [-0.39, 0.29) is 30.4 Å². The molecule has 0 amide bonds. The monoisotopic (exact) mass is 630 g/mol. The van der Waals surface area contributed by atoms with Gasteiger partial charge in [0.1, 0.15) is 24.3 Å². The third kappa shape index (κ3) is 5.81.